The summed E-state index contributed by atoms with van der Waals surface area (Å²) in [6, 6.07) is 3.60. The van der Waals surface area contributed by atoms with E-state index in [2.05, 4.69) is 4.98 Å². The van der Waals surface area contributed by atoms with Crippen molar-refractivity contribution in [3.63, 3.8) is 0 Å². The SMILES string of the molecule is [B]c1ccc(CN)nc1. The van der Waals surface area contributed by atoms with E-state index in [1.807, 2.05) is 6.07 Å². The van der Waals surface area contributed by atoms with Gasteiger partial charge in [-0.25, -0.2) is 0 Å². The fourth-order valence-electron chi connectivity index (χ4n) is 0.557. The maximum absolute atomic E-state index is 5.38. The van der Waals surface area contributed by atoms with Crippen LogP contribution in [0, 0.1) is 0 Å². The maximum atomic E-state index is 5.38. The normalized spacial score (nSPS) is 9.44. The highest BCUT2D eigenvalue weighted by Gasteiger charge is 1.86. The number of rotatable bonds is 1. The molecule has 44 valence electrons. The Morgan fingerprint density at radius 3 is 2.78 bits per heavy atom. The molecule has 0 aliphatic rings. The summed E-state index contributed by atoms with van der Waals surface area (Å²) >= 11 is 0. The molecular formula is C6H7BN2. The number of pyridine rings is 1. The lowest BCUT2D eigenvalue weighted by molar-refractivity contribution is 0.994. The average molecular weight is 118 g/mol. The first-order valence-electron chi connectivity index (χ1n) is 2.73. The summed E-state index contributed by atoms with van der Waals surface area (Å²) < 4.78 is 0. The molecule has 0 unspecified atom stereocenters. The summed E-state index contributed by atoms with van der Waals surface area (Å²) in [6.07, 6.45) is 1.60. The van der Waals surface area contributed by atoms with Crippen molar-refractivity contribution in [1.29, 1.82) is 0 Å². The lowest BCUT2D eigenvalue weighted by Gasteiger charge is -1.93. The molecule has 1 heterocycles. The smallest absolute Gasteiger partial charge is 0.115 e. The second kappa shape index (κ2) is 2.64. The molecule has 0 atom stereocenters. The second-order valence-corrected chi connectivity index (χ2v) is 1.79. The minimum Gasteiger partial charge on any atom is -0.325 e. The molecule has 0 aromatic carbocycles. The second-order valence-electron chi connectivity index (χ2n) is 1.79. The molecule has 0 aliphatic carbocycles. The molecule has 3 heteroatoms. The van der Waals surface area contributed by atoms with Crippen LogP contribution >= 0.6 is 0 Å². The van der Waals surface area contributed by atoms with Crippen LogP contribution in [-0.4, -0.2) is 12.8 Å². The molecular weight excluding hydrogens is 111 g/mol. The monoisotopic (exact) mass is 118 g/mol. The van der Waals surface area contributed by atoms with Crippen LogP contribution in [0.5, 0.6) is 0 Å². The molecule has 1 aromatic rings. The third kappa shape index (κ3) is 1.54. The first-order valence-corrected chi connectivity index (χ1v) is 2.73. The number of hydrogen-bond acceptors (Lipinski definition) is 2. The quantitative estimate of drug-likeness (QED) is 0.497. The molecule has 0 fully saturated rings. The highest BCUT2D eigenvalue weighted by atomic mass is 14.7. The highest BCUT2D eigenvalue weighted by molar-refractivity contribution is 6.31. The lowest BCUT2D eigenvalue weighted by atomic mass is 9.99. The minimum absolute atomic E-state index is 0.473. The molecule has 0 saturated heterocycles. The van der Waals surface area contributed by atoms with E-state index in [0.717, 1.165) is 5.69 Å². The van der Waals surface area contributed by atoms with Crippen LogP contribution in [0.2, 0.25) is 0 Å². The van der Waals surface area contributed by atoms with Crippen molar-refractivity contribution in [3.8, 4) is 0 Å². The predicted octanol–water partition coefficient (Wildman–Crippen LogP) is -0.666. The van der Waals surface area contributed by atoms with Crippen molar-refractivity contribution < 1.29 is 0 Å². The molecule has 1 rings (SSSR count). The summed E-state index contributed by atoms with van der Waals surface area (Å²) in [5.41, 5.74) is 6.83. The van der Waals surface area contributed by atoms with E-state index < -0.39 is 0 Å². The van der Waals surface area contributed by atoms with E-state index in [0.29, 0.717) is 12.0 Å². The van der Waals surface area contributed by atoms with Crippen molar-refractivity contribution in [3.05, 3.63) is 24.0 Å². The number of nitrogens with two attached hydrogens (primary N) is 1. The third-order valence-corrected chi connectivity index (χ3v) is 1.06. The molecule has 0 spiro atoms. The Morgan fingerprint density at radius 1 is 1.56 bits per heavy atom. The van der Waals surface area contributed by atoms with E-state index in [-0.39, 0.29) is 0 Å². The van der Waals surface area contributed by atoms with Gasteiger partial charge >= 0.3 is 0 Å². The molecule has 2 N–H and O–H groups in total. The van der Waals surface area contributed by atoms with Gasteiger partial charge in [-0.1, -0.05) is 11.5 Å². The van der Waals surface area contributed by atoms with Gasteiger partial charge in [0, 0.05) is 12.7 Å². The Morgan fingerprint density at radius 2 is 2.33 bits per heavy atom. The van der Waals surface area contributed by atoms with E-state index >= 15 is 0 Å². The molecule has 0 bridgehead atoms. The zero-order chi connectivity index (χ0) is 6.69. The van der Waals surface area contributed by atoms with Crippen LogP contribution in [0.3, 0.4) is 0 Å². The Hall–Kier alpha value is -0.825. The molecule has 0 aliphatic heterocycles. The van der Waals surface area contributed by atoms with Crippen LogP contribution in [-0.2, 0) is 6.54 Å². The molecule has 0 saturated carbocycles. The highest BCUT2D eigenvalue weighted by Crippen LogP contribution is 1.86. The van der Waals surface area contributed by atoms with E-state index in [9.17, 15) is 0 Å². The van der Waals surface area contributed by atoms with Gasteiger partial charge in [0.05, 0.1) is 5.69 Å². The van der Waals surface area contributed by atoms with Crippen molar-refractivity contribution >= 4 is 13.3 Å². The van der Waals surface area contributed by atoms with Crippen LogP contribution in [0.4, 0.5) is 0 Å². The fourth-order valence-corrected chi connectivity index (χ4v) is 0.557. The molecule has 2 radical (unpaired) electrons. The van der Waals surface area contributed by atoms with E-state index in [4.69, 9.17) is 13.6 Å². The van der Waals surface area contributed by atoms with Gasteiger partial charge in [0.15, 0.2) is 0 Å². The van der Waals surface area contributed by atoms with E-state index in [1.54, 1.807) is 12.3 Å². The van der Waals surface area contributed by atoms with Gasteiger partial charge in [-0.05, 0) is 6.07 Å². The average Bonchev–Trinajstić information content (AvgIpc) is 1.90. The molecule has 2 nitrogen and oxygen atoms in total. The topological polar surface area (TPSA) is 38.9 Å². The number of nitrogens with zero attached hydrogens (tertiary/aromatic N) is 1. The van der Waals surface area contributed by atoms with E-state index in [1.165, 1.54) is 0 Å². The summed E-state index contributed by atoms with van der Waals surface area (Å²) in [4.78, 5) is 3.95. The fraction of sp³-hybridized carbons (Fsp3) is 0.167. The summed E-state index contributed by atoms with van der Waals surface area (Å²) in [5, 5.41) is 0. The first kappa shape index (κ1) is 6.30. The standard InChI is InChI=1S/C6H7BN2/c7-5-1-2-6(3-8)9-4-5/h1-2,4H,3,8H2. The summed E-state index contributed by atoms with van der Waals surface area (Å²) in [5.74, 6) is 0. The molecule has 9 heavy (non-hydrogen) atoms. The van der Waals surface area contributed by atoms with Crippen molar-refractivity contribution in [2.24, 2.45) is 5.73 Å². The maximum Gasteiger partial charge on any atom is 0.115 e. The van der Waals surface area contributed by atoms with Gasteiger partial charge < -0.3 is 5.73 Å². The van der Waals surface area contributed by atoms with Gasteiger partial charge in [-0.2, -0.15) is 0 Å². The van der Waals surface area contributed by atoms with Crippen LogP contribution in [0.15, 0.2) is 18.3 Å². The molecule has 0 amide bonds. The zero-order valence-electron chi connectivity index (χ0n) is 5.04. The Labute approximate surface area is 55.5 Å². The molecule has 1 aromatic heterocycles. The van der Waals surface area contributed by atoms with Crippen LogP contribution in [0.25, 0.3) is 0 Å². The Balaban J connectivity index is 2.88. The number of hydrogen-bond donors (Lipinski definition) is 1. The van der Waals surface area contributed by atoms with Gasteiger partial charge in [0.2, 0.25) is 0 Å². The zero-order valence-corrected chi connectivity index (χ0v) is 5.04. The Kier molecular flexibility index (Phi) is 1.85. The van der Waals surface area contributed by atoms with Crippen LogP contribution in [0.1, 0.15) is 5.69 Å². The van der Waals surface area contributed by atoms with Gasteiger partial charge in [0.1, 0.15) is 7.85 Å². The van der Waals surface area contributed by atoms with Crippen molar-refractivity contribution in [2.75, 3.05) is 0 Å². The van der Waals surface area contributed by atoms with Crippen molar-refractivity contribution in [2.45, 2.75) is 6.54 Å². The van der Waals surface area contributed by atoms with Gasteiger partial charge in [-0.15, -0.1) is 0 Å². The van der Waals surface area contributed by atoms with Gasteiger partial charge in [-0.3, -0.25) is 4.98 Å². The minimum atomic E-state index is 0.473. The van der Waals surface area contributed by atoms with Crippen LogP contribution < -0.4 is 11.2 Å². The van der Waals surface area contributed by atoms with Gasteiger partial charge in [0.25, 0.3) is 0 Å². The summed E-state index contributed by atoms with van der Waals surface area (Å²) in [7, 11) is 5.38. The lowest BCUT2D eigenvalue weighted by Crippen LogP contribution is -2.06. The predicted molar refractivity (Wildman–Crippen MR) is 37.5 cm³/mol. The first-order chi connectivity index (χ1) is 4.33. The van der Waals surface area contributed by atoms with Crippen molar-refractivity contribution in [1.82, 2.24) is 4.98 Å². The third-order valence-electron chi connectivity index (χ3n) is 1.06. The largest absolute Gasteiger partial charge is 0.325 e. The number of aromatic nitrogens is 1. The Bertz CT molecular complexity index is 183. The summed E-state index contributed by atoms with van der Waals surface area (Å²) in [6.45, 7) is 0.473.